The van der Waals surface area contributed by atoms with Crippen LogP contribution in [0.25, 0.3) is 0 Å². The Morgan fingerprint density at radius 2 is 0.800 bits per heavy atom. The van der Waals surface area contributed by atoms with Gasteiger partial charge in [-0.1, -0.05) is 13.8 Å². The molecule has 0 heterocycles. The monoisotopic (exact) mass is 296 g/mol. The summed E-state index contributed by atoms with van der Waals surface area (Å²) < 4.78 is 0. The highest BCUT2D eigenvalue weighted by atomic mass is 35.9. The molecule has 0 aliphatic heterocycles. The molecule has 0 aliphatic carbocycles. The fraction of sp³-hybridized carbons (Fsp3) is 1.00. The second-order valence-corrected chi connectivity index (χ2v) is 10.9. The van der Waals surface area contributed by atoms with E-state index in [9.17, 15) is 0 Å². The van der Waals surface area contributed by atoms with E-state index >= 15 is 0 Å². The highest BCUT2D eigenvalue weighted by Gasteiger charge is 1.89. The molecule has 0 radical (unpaired) electrons. The van der Waals surface area contributed by atoms with Crippen LogP contribution in [0.5, 0.6) is 0 Å². The molecule has 0 N–H and O–H groups in total. The molecule has 0 atom stereocenters. The molecule has 0 amide bonds. The van der Waals surface area contributed by atoms with Crippen LogP contribution in [0.1, 0.15) is 13.8 Å². The molecular weight excluding hydrogens is 292 g/mol. The van der Waals surface area contributed by atoms with Gasteiger partial charge in [-0.2, -0.15) is 0 Å². The number of hydrogen-bond donors (Lipinski definition) is 0. The van der Waals surface area contributed by atoms with Gasteiger partial charge in [-0.05, 0) is 0 Å². The van der Waals surface area contributed by atoms with Crippen LogP contribution in [-0.2, 0) is 23.6 Å². The summed E-state index contributed by atoms with van der Waals surface area (Å²) in [5, 5.41) is -2.19. The summed E-state index contributed by atoms with van der Waals surface area (Å²) >= 11 is 28.1. The highest BCUT2D eigenvalue weighted by molar-refractivity contribution is 8.29. The van der Waals surface area contributed by atoms with Crippen molar-refractivity contribution in [2.75, 3.05) is 0 Å². The summed E-state index contributed by atoms with van der Waals surface area (Å²) in [6, 6.07) is 0. The SMILES string of the molecule is CC.S=[P+](Cl)Cl.S=[P+](Cl)Cl. The van der Waals surface area contributed by atoms with E-state index < -0.39 is 10.8 Å². The van der Waals surface area contributed by atoms with Gasteiger partial charge in [0.05, 0.1) is 0 Å². The standard InChI is InChI=1S/C2H6.2Cl2PS/c1-2;2*1-3(2)4/h1-2H3;;/q;2*+1. The summed E-state index contributed by atoms with van der Waals surface area (Å²) in [6.07, 6.45) is 0. The van der Waals surface area contributed by atoms with Crippen molar-refractivity contribution in [2.24, 2.45) is 0 Å². The van der Waals surface area contributed by atoms with Crippen molar-refractivity contribution in [1.29, 1.82) is 0 Å². The molecule has 0 rings (SSSR count). The van der Waals surface area contributed by atoms with E-state index in [0.717, 1.165) is 0 Å². The Balaban J connectivity index is -0.0000000787. The second-order valence-electron chi connectivity index (χ2n) is 0.404. The summed E-state index contributed by atoms with van der Waals surface area (Å²) in [5.74, 6) is 0. The Kier molecular flexibility index (Phi) is 31.3. The Hall–Kier alpha value is 2.20. The first kappa shape index (κ1) is 18.1. The van der Waals surface area contributed by atoms with Gasteiger partial charge in [0, 0.05) is 0 Å². The predicted molar refractivity (Wildman–Crippen MR) is 63.3 cm³/mol. The van der Waals surface area contributed by atoms with E-state index in [0.29, 0.717) is 0 Å². The fourth-order valence-electron chi connectivity index (χ4n) is 0. The summed E-state index contributed by atoms with van der Waals surface area (Å²) in [6.45, 7) is 4.00. The first-order valence-corrected chi connectivity index (χ1v) is 10.4. The zero-order valence-electron chi connectivity index (χ0n) is 5.22. The molecule has 0 saturated heterocycles. The molecular formula is C2H6Cl4P2S2+2. The van der Waals surface area contributed by atoms with Gasteiger partial charge in [0.15, 0.2) is 45.0 Å². The lowest BCUT2D eigenvalue weighted by atomic mass is 11.0. The third-order valence-corrected chi connectivity index (χ3v) is 0. The maximum absolute atomic E-state index is 4.92. The lowest BCUT2D eigenvalue weighted by Gasteiger charge is -1.28. The predicted octanol–water partition coefficient (Wildman–Crippen LogP) is 5.50. The van der Waals surface area contributed by atoms with E-state index in [-0.39, 0.29) is 0 Å². The van der Waals surface area contributed by atoms with Gasteiger partial charge in [0.25, 0.3) is 0 Å². The Morgan fingerprint density at radius 1 is 0.800 bits per heavy atom. The van der Waals surface area contributed by atoms with Crippen LogP contribution in [-0.4, -0.2) is 0 Å². The zero-order valence-corrected chi connectivity index (χ0v) is 11.7. The number of rotatable bonds is 0. The van der Waals surface area contributed by atoms with Crippen LogP contribution < -0.4 is 0 Å². The number of halogens is 4. The molecule has 62 valence electrons. The first-order chi connectivity index (χ1) is 4.46. The van der Waals surface area contributed by atoms with Gasteiger partial charge < -0.3 is 0 Å². The van der Waals surface area contributed by atoms with Gasteiger partial charge in [0.1, 0.15) is 0 Å². The Bertz CT molecular complexity index is 77.3. The minimum atomic E-state index is -1.09. The molecule has 0 unspecified atom stereocenters. The van der Waals surface area contributed by atoms with Crippen molar-refractivity contribution >= 4 is 79.4 Å². The van der Waals surface area contributed by atoms with Crippen LogP contribution in [0.4, 0.5) is 0 Å². The summed E-state index contributed by atoms with van der Waals surface area (Å²) in [5.41, 5.74) is 0. The van der Waals surface area contributed by atoms with E-state index in [1.807, 2.05) is 13.8 Å². The molecule has 10 heavy (non-hydrogen) atoms. The molecule has 0 fully saturated rings. The summed E-state index contributed by atoms with van der Waals surface area (Å²) in [4.78, 5) is 0. The third kappa shape index (κ3) is 178. The largest absolute Gasteiger partial charge is 0.407 e. The van der Waals surface area contributed by atoms with E-state index in [4.69, 9.17) is 45.0 Å². The lowest BCUT2D eigenvalue weighted by Crippen LogP contribution is -0.922. The van der Waals surface area contributed by atoms with Crippen LogP contribution in [0.15, 0.2) is 0 Å². The average molecular weight is 298 g/mol. The molecule has 0 spiro atoms. The van der Waals surface area contributed by atoms with Crippen molar-refractivity contribution in [2.45, 2.75) is 13.8 Å². The molecule has 0 aromatic carbocycles. The van der Waals surface area contributed by atoms with Crippen molar-refractivity contribution < 1.29 is 0 Å². The molecule has 0 aliphatic rings. The van der Waals surface area contributed by atoms with Gasteiger partial charge in [-0.15, -0.1) is 0 Å². The smallest absolute Gasteiger partial charge is 0.0683 e. The topological polar surface area (TPSA) is 0 Å². The van der Waals surface area contributed by atoms with E-state index in [1.54, 1.807) is 0 Å². The Labute approximate surface area is 92.6 Å². The van der Waals surface area contributed by atoms with Crippen molar-refractivity contribution in [3.63, 3.8) is 0 Å². The van der Waals surface area contributed by atoms with Gasteiger partial charge >= 0.3 is 10.8 Å². The van der Waals surface area contributed by atoms with Crippen LogP contribution in [0.3, 0.4) is 0 Å². The molecule has 0 nitrogen and oxygen atoms in total. The van der Waals surface area contributed by atoms with Crippen LogP contribution in [0, 0.1) is 0 Å². The summed E-state index contributed by atoms with van der Waals surface area (Å²) in [7, 11) is 0. The zero-order chi connectivity index (χ0) is 9.15. The third-order valence-electron chi connectivity index (χ3n) is 0. The molecule has 0 bridgehead atoms. The average Bonchev–Trinajstić information content (AvgIpc) is 1.66. The van der Waals surface area contributed by atoms with Gasteiger partial charge in [0.2, 0.25) is 23.6 Å². The quantitative estimate of drug-likeness (QED) is 0.541. The van der Waals surface area contributed by atoms with Crippen LogP contribution in [0.2, 0.25) is 0 Å². The Morgan fingerprint density at radius 3 is 0.800 bits per heavy atom. The maximum atomic E-state index is 4.92. The molecule has 0 aromatic rings. The van der Waals surface area contributed by atoms with Crippen molar-refractivity contribution in [1.82, 2.24) is 0 Å². The normalized spacial score (nSPS) is 5.80. The van der Waals surface area contributed by atoms with Crippen LogP contribution >= 0.6 is 55.8 Å². The van der Waals surface area contributed by atoms with Gasteiger partial charge in [-0.25, -0.2) is 0 Å². The molecule has 0 aromatic heterocycles. The second kappa shape index (κ2) is 17.3. The first-order valence-electron chi connectivity index (χ1n) is 2.04. The lowest BCUT2D eigenvalue weighted by molar-refractivity contribution is 1.50. The van der Waals surface area contributed by atoms with Gasteiger partial charge in [-0.3, -0.25) is 0 Å². The molecule has 0 saturated carbocycles. The minimum absolute atomic E-state index is 1.09. The number of hydrogen-bond acceptors (Lipinski definition) is 2. The minimum Gasteiger partial charge on any atom is -0.0683 e. The van der Waals surface area contributed by atoms with Crippen molar-refractivity contribution in [3.8, 4) is 0 Å². The maximum Gasteiger partial charge on any atom is 0.407 e. The highest BCUT2D eigenvalue weighted by Crippen LogP contribution is 2.32. The van der Waals surface area contributed by atoms with E-state index in [2.05, 4.69) is 23.6 Å². The van der Waals surface area contributed by atoms with E-state index in [1.165, 1.54) is 0 Å². The molecule has 8 heteroatoms. The van der Waals surface area contributed by atoms with Crippen molar-refractivity contribution in [3.05, 3.63) is 0 Å². The fourth-order valence-corrected chi connectivity index (χ4v) is 0.